The second-order valence-electron chi connectivity index (χ2n) is 5.49. The minimum atomic E-state index is -0.208. The third-order valence-corrected chi connectivity index (χ3v) is 4.07. The summed E-state index contributed by atoms with van der Waals surface area (Å²) in [5.41, 5.74) is 1.99. The smallest absolute Gasteiger partial charge is 0.256 e. The summed E-state index contributed by atoms with van der Waals surface area (Å²) in [6.07, 6.45) is 1.56. The van der Waals surface area contributed by atoms with Crippen molar-refractivity contribution in [2.45, 2.75) is 6.61 Å². The van der Waals surface area contributed by atoms with E-state index in [-0.39, 0.29) is 5.91 Å². The highest BCUT2D eigenvalue weighted by Gasteiger charge is 2.11. The molecule has 0 aliphatic carbocycles. The molecule has 0 aliphatic heterocycles. The zero-order valence-electron chi connectivity index (χ0n) is 14.1. The van der Waals surface area contributed by atoms with Gasteiger partial charge in [-0.3, -0.25) is 4.79 Å². The highest BCUT2D eigenvalue weighted by atomic mass is 79.9. The number of aromatic nitrogens is 1. The van der Waals surface area contributed by atoms with E-state index in [2.05, 4.69) is 26.2 Å². The predicted molar refractivity (Wildman–Crippen MR) is 104 cm³/mol. The van der Waals surface area contributed by atoms with Gasteiger partial charge in [0.1, 0.15) is 5.75 Å². The van der Waals surface area contributed by atoms with Gasteiger partial charge in [-0.05, 0) is 35.9 Å². The van der Waals surface area contributed by atoms with Gasteiger partial charge in [0.15, 0.2) is 0 Å². The first-order chi connectivity index (χ1) is 12.7. The van der Waals surface area contributed by atoms with E-state index in [0.717, 1.165) is 10.0 Å². The largest absolute Gasteiger partial charge is 0.439 e. The van der Waals surface area contributed by atoms with Crippen molar-refractivity contribution < 1.29 is 14.3 Å². The average Bonchev–Trinajstić information content (AvgIpc) is 2.64. The van der Waals surface area contributed by atoms with Gasteiger partial charge in [-0.25, -0.2) is 4.98 Å². The fourth-order valence-electron chi connectivity index (χ4n) is 2.39. The normalized spacial score (nSPS) is 10.4. The van der Waals surface area contributed by atoms with Crippen LogP contribution in [0.1, 0.15) is 15.9 Å². The van der Waals surface area contributed by atoms with E-state index < -0.39 is 0 Å². The van der Waals surface area contributed by atoms with Crippen LogP contribution < -0.4 is 10.1 Å². The lowest BCUT2D eigenvalue weighted by Crippen LogP contribution is -2.14. The molecular formula is C20H17BrN2O3. The van der Waals surface area contributed by atoms with Gasteiger partial charge in [0.25, 0.3) is 5.91 Å². The molecule has 0 saturated carbocycles. The first kappa shape index (κ1) is 18.1. The fourth-order valence-corrected chi connectivity index (χ4v) is 2.77. The van der Waals surface area contributed by atoms with Gasteiger partial charge in [0.05, 0.1) is 18.5 Å². The number of carbonyl (C=O) groups is 1. The van der Waals surface area contributed by atoms with Gasteiger partial charge in [-0.1, -0.05) is 40.2 Å². The van der Waals surface area contributed by atoms with Crippen molar-refractivity contribution in [3.05, 3.63) is 82.5 Å². The summed E-state index contributed by atoms with van der Waals surface area (Å²) in [6.45, 7) is 0.376. The van der Waals surface area contributed by atoms with Gasteiger partial charge in [0, 0.05) is 23.2 Å². The number of ether oxygens (including phenoxy) is 2. The van der Waals surface area contributed by atoms with E-state index in [1.54, 1.807) is 31.5 Å². The number of amides is 1. The molecule has 132 valence electrons. The maximum absolute atomic E-state index is 12.5. The molecule has 2 aromatic carbocycles. The number of nitrogens with one attached hydrogen (secondary N) is 1. The average molecular weight is 413 g/mol. The van der Waals surface area contributed by atoms with Crippen LogP contribution in [-0.2, 0) is 11.3 Å². The van der Waals surface area contributed by atoms with E-state index in [9.17, 15) is 4.79 Å². The summed E-state index contributed by atoms with van der Waals surface area (Å²) in [6, 6.07) is 18.3. The Morgan fingerprint density at radius 2 is 1.96 bits per heavy atom. The van der Waals surface area contributed by atoms with Crippen LogP contribution in [0.25, 0.3) is 0 Å². The van der Waals surface area contributed by atoms with Crippen LogP contribution in [0, 0.1) is 0 Å². The van der Waals surface area contributed by atoms with E-state index in [1.165, 1.54) is 0 Å². The van der Waals surface area contributed by atoms with Crippen LogP contribution in [0.3, 0.4) is 0 Å². The topological polar surface area (TPSA) is 60.5 Å². The van der Waals surface area contributed by atoms with Crippen LogP contribution in [0.15, 0.2) is 71.3 Å². The quantitative estimate of drug-likeness (QED) is 0.616. The standard InChI is InChI=1S/C20H17BrN2O3/c1-25-13-14-5-2-3-8-18(14)20(24)23-16-9-10-19(22-12-16)26-17-7-4-6-15(21)11-17/h2-12H,13H2,1H3,(H,23,24). The molecule has 0 saturated heterocycles. The molecule has 5 nitrogen and oxygen atoms in total. The Morgan fingerprint density at radius 3 is 2.69 bits per heavy atom. The highest BCUT2D eigenvalue weighted by Crippen LogP contribution is 2.23. The summed E-state index contributed by atoms with van der Waals surface area (Å²) in [5, 5.41) is 2.84. The number of benzene rings is 2. The predicted octanol–water partition coefficient (Wildman–Crippen LogP) is 5.04. The Kier molecular flexibility index (Phi) is 5.99. The van der Waals surface area contributed by atoms with Gasteiger partial charge in [0.2, 0.25) is 5.88 Å². The van der Waals surface area contributed by atoms with Crippen molar-refractivity contribution in [2.24, 2.45) is 0 Å². The minimum Gasteiger partial charge on any atom is -0.439 e. The maximum atomic E-state index is 12.5. The summed E-state index contributed by atoms with van der Waals surface area (Å²) in [4.78, 5) is 16.7. The number of hydrogen-bond donors (Lipinski definition) is 1. The van der Waals surface area contributed by atoms with Crippen LogP contribution in [0.5, 0.6) is 11.6 Å². The molecular weight excluding hydrogens is 396 g/mol. The van der Waals surface area contributed by atoms with Crippen molar-refractivity contribution in [3.8, 4) is 11.6 Å². The Hall–Kier alpha value is -2.70. The molecule has 26 heavy (non-hydrogen) atoms. The molecule has 0 fully saturated rings. The molecule has 0 aliphatic rings. The third-order valence-electron chi connectivity index (χ3n) is 3.57. The molecule has 0 radical (unpaired) electrons. The number of nitrogens with zero attached hydrogens (tertiary/aromatic N) is 1. The lowest BCUT2D eigenvalue weighted by atomic mass is 10.1. The first-order valence-electron chi connectivity index (χ1n) is 7.93. The van der Waals surface area contributed by atoms with Gasteiger partial charge < -0.3 is 14.8 Å². The summed E-state index contributed by atoms with van der Waals surface area (Å²) >= 11 is 3.40. The number of pyridine rings is 1. The van der Waals surface area contributed by atoms with Crippen molar-refractivity contribution in [1.82, 2.24) is 4.98 Å². The molecule has 3 aromatic rings. The molecule has 6 heteroatoms. The van der Waals surface area contributed by atoms with E-state index >= 15 is 0 Å². The van der Waals surface area contributed by atoms with Gasteiger partial charge in [-0.2, -0.15) is 0 Å². The van der Waals surface area contributed by atoms with Crippen molar-refractivity contribution in [3.63, 3.8) is 0 Å². The van der Waals surface area contributed by atoms with Crippen molar-refractivity contribution in [1.29, 1.82) is 0 Å². The molecule has 1 heterocycles. The number of anilines is 1. The fraction of sp³-hybridized carbons (Fsp3) is 0.100. The molecule has 3 rings (SSSR count). The summed E-state index contributed by atoms with van der Waals surface area (Å²) in [5.74, 6) is 0.915. The number of hydrogen-bond acceptors (Lipinski definition) is 4. The van der Waals surface area contributed by atoms with Crippen LogP contribution in [0.2, 0.25) is 0 Å². The Bertz CT molecular complexity index is 898. The number of rotatable bonds is 6. The molecule has 0 unspecified atom stereocenters. The number of carbonyl (C=O) groups excluding carboxylic acids is 1. The molecule has 0 bridgehead atoms. The molecule has 1 N–H and O–H groups in total. The molecule has 0 spiro atoms. The number of halogens is 1. The Morgan fingerprint density at radius 1 is 1.12 bits per heavy atom. The zero-order chi connectivity index (χ0) is 18.4. The second kappa shape index (κ2) is 8.60. The van der Waals surface area contributed by atoms with E-state index in [4.69, 9.17) is 9.47 Å². The SMILES string of the molecule is COCc1ccccc1C(=O)Nc1ccc(Oc2cccc(Br)c2)nc1. The van der Waals surface area contributed by atoms with Crippen molar-refractivity contribution in [2.75, 3.05) is 12.4 Å². The van der Waals surface area contributed by atoms with Crippen molar-refractivity contribution >= 4 is 27.5 Å². The summed E-state index contributed by atoms with van der Waals surface area (Å²) in [7, 11) is 1.60. The monoisotopic (exact) mass is 412 g/mol. The van der Waals surface area contributed by atoms with Crippen LogP contribution >= 0.6 is 15.9 Å². The van der Waals surface area contributed by atoms with E-state index in [1.807, 2.05) is 42.5 Å². The Labute approximate surface area is 160 Å². The molecule has 0 atom stereocenters. The summed E-state index contributed by atoms with van der Waals surface area (Å²) < 4.78 is 11.7. The maximum Gasteiger partial charge on any atom is 0.256 e. The lowest BCUT2D eigenvalue weighted by molar-refractivity contribution is 0.102. The Balaban J connectivity index is 1.68. The molecule has 1 aromatic heterocycles. The van der Waals surface area contributed by atoms with Crippen LogP contribution in [0.4, 0.5) is 5.69 Å². The van der Waals surface area contributed by atoms with Gasteiger partial charge in [-0.15, -0.1) is 0 Å². The highest BCUT2D eigenvalue weighted by molar-refractivity contribution is 9.10. The first-order valence-corrected chi connectivity index (χ1v) is 8.72. The second-order valence-corrected chi connectivity index (χ2v) is 6.40. The van der Waals surface area contributed by atoms with Gasteiger partial charge >= 0.3 is 0 Å². The minimum absolute atomic E-state index is 0.208. The van der Waals surface area contributed by atoms with Crippen LogP contribution in [-0.4, -0.2) is 18.0 Å². The molecule has 1 amide bonds. The third kappa shape index (κ3) is 4.68. The van der Waals surface area contributed by atoms with E-state index in [0.29, 0.717) is 29.5 Å². The number of methoxy groups -OCH3 is 1. The zero-order valence-corrected chi connectivity index (χ0v) is 15.7. The lowest BCUT2D eigenvalue weighted by Gasteiger charge is -2.10.